The van der Waals surface area contributed by atoms with Gasteiger partial charge in [-0.1, -0.05) is 0 Å². The van der Waals surface area contributed by atoms with Gasteiger partial charge in [0.25, 0.3) is 5.91 Å². The van der Waals surface area contributed by atoms with Crippen LogP contribution in [0.25, 0.3) is 0 Å². The molecule has 1 amide bonds. The van der Waals surface area contributed by atoms with Crippen LogP contribution in [-0.4, -0.2) is 42.6 Å². The summed E-state index contributed by atoms with van der Waals surface area (Å²) >= 11 is 0. The lowest BCUT2D eigenvalue weighted by Gasteiger charge is -2.43. The Hall–Kier alpha value is -0.570. The van der Waals surface area contributed by atoms with Gasteiger partial charge in [0, 0.05) is 0 Å². The van der Waals surface area contributed by atoms with Crippen LogP contribution in [0.1, 0.15) is 20.8 Å². The van der Waals surface area contributed by atoms with E-state index in [1.54, 1.807) is 0 Å². The van der Waals surface area contributed by atoms with Crippen LogP contribution in [0.2, 0.25) is 0 Å². The van der Waals surface area contributed by atoms with Crippen LogP contribution < -0.4 is 5.32 Å². The zero-order chi connectivity index (χ0) is 9.19. The SMILES string of the molecule is CC[N+]1(C(C)C)CCNC(=O)C1. The van der Waals surface area contributed by atoms with Gasteiger partial charge in [0.05, 0.1) is 25.7 Å². The van der Waals surface area contributed by atoms with Crippen LogP contribution >= 0.6 is 0 Å². The number of piperazine rings is 1. The second-order valence-electron chi connectivity index (χ2n) is 3.86. The van der Waals surface area contributed by atoms with E-state index in [4.69, 9.17) is 0 Å². The highest BCUT2D eigenvalue weighted by Gasteiger charge is 2.34. The minimum Gasteiger partial charge on any atom is -0.346 e. The average molecular weight is 171 g/mol. The Kier molecular flexibility index (Phi) is 2.73. The van der Waals surface area contributed by atoms with Gasteiger partial charge in [-0.05, 0) is 20.8 Å². The average Bonchev–Trinajstić information content (AvgIpc) is 2.04. The summed E-state index contributed by atoms with van der Waals surface area (Å²) in [6.45, 7) is 10.2. The predicted octanol–water partition coefficient (Wildman–Crippen LogP) is 0.361. The van der Waals surface area contributed by atoms with E-state index in [9.17, 15) is 4.79 Å². The number of rotatable bonds is 2. The molecular weight excluding hydrogens is 152 g/mol. The smallest absolute Gasteiger partial charge is 0.275 e. The molecule has 0 aromatic heterocycles. The topological polar surface area (TPSA) is 29.1 Å². The van der Waals surface area contributed by atoms with E-state index < -0.39 is 0 Å². The fraction of sp³-hybridized carbons (Fsp3) is 0.889. The van der Waals surface area contributed by atoms with Gasteiger partial charge < -0.3 is 9.80 Å². The molecule has 1 rings (SSSR count). The maximum Gasteiger partial charge on any atom is 0.275 e. The lowest BCUT2D eigenvalue weighted by molar-refractivity contribution is -0.940. The third-order valence-electron chi connectivity index (χ3n) is 3.06. The lowest BCUT2D eigenvalue weighted by Crippen LogP contribution is -2.63. The fourth-order valence-electron chi connectivity index (χ4n) is 1.91. The van der Waals surface area contributed by atoms with Gasteiger partial charge in [-0.3, -0.25) is 4.79 Å². The molecule has 1 saturated heterocycles. The Balaban J connectivity index is 2.71. The standard InChI is InChI=1S/C9H18N2O/c1-4-11(8(2)3)6-5-10-9(12)7-11/h8H,4-7H2,1-3H3/p+1. The molecule has 1 atom stereocenters. The van der Waals surface area contributed by atoms with E-state index >= 15 is 0 Å². The predicted molar refractivity (Wildman–Crippen MR) is 48.7 cm³/mol. The molecule has 0 radical (unpaired) electrons. The first-order chi connectivity index (χ1) is 5.60. The fourth-order valence-corrected chi connectivity index (χ4v) is 1.91. The summed E-state index contributed by atoms with van der Waals surface area (Å²) in [7, 11) is 0. The molecular formula is C9H19N2O+. The van der Waals surface area contributed by atoms with Crippen molar-refractivity contribution in [2.75, 3.05) is 26.2 Å². The first-order valence-corrected chi connectivity index (χ1v) is 4.73. The second-order valence-corrected chi connectivity index (χ2v) is 3.86. The van der Waals surface area contributed by atoms with Gasteiger partial charge in [-0.25, -0.2) is 0 Å². The van der Waals surface area contributed by atoms with Crippen molar-refractivity contribution in [1.29, 1.82) is 0 Å². The van der Waals surface area contributed by atoms with Crippen LogP contribution in [0.4, 0.5) is 0 Å². The summed E-state index contributed by atoms with van der Waals surface area (Å²) in [6.07, 6.45) is 0. The molecule has 1 aliphatic rings. The van der Waals surface area contributed by atoms with E-state index in [-0.39, 0.29) is 5.91 Å². The number of quaternary nitrogens is 1. The summed E-state index contributed by atoms with van der Waals surface area (Å²) in [5.41, 5.74) is 0. The molecule has 70 valence electrons. The molecule has 3 nitrogen and oxygen atoms in total. The maximum absolute atomic E-state index is 11.2. The zero-order valence-corrected chi connectivity index (χ0v) is 8.26. The van der Waals surface area contributed by atoms with Gasteiger partial charge in [0.1, 0.15) is 0 Å². The molecule has 0 saturated carbocycles. The third kappa shape index (κ3) is 1.61. The summed E-state index contributed by atoms with van der Waals surface area (Å²) in [5.74, 6) is 0.205. The van der Waals surface area contributed by atoms with Crippen molar-refractivity contribution in [3.63, 3.8) is 0 Å². The molecule has 1 heterocycles. The Bertz CT molecular complexity index is 179. The van der Waals surface area contributed by atoms with Gasteiger partial charge in [0.2, 0.25) is 0 Å². The van der Waals surface area contributed by atoms with Crippen LogP contribution in [0.5, 0.6) is 0 Å². The third-order valence-corrected chi connectivity index (χ3v) is 3.06. The maximum atomic E-state index is 11.2. The summed E-state index contributed by atoms with van der Waals surface area (Å²) in [5, 5.41) is 2.87. The van der Waals surface area contributed by atoms with E-state index in [1.807, 2.05) is 0 Å². The lowest BCUT2D eigenvalue weighted by atomic mass is 10.2. The summed E-state index contributed by atoms with van der Waals surface area (Å²) in [4.78, 5) is 11.2. The number of nitrogens with one attached hydrogen (secondary N) is 1. The molecule has 0 aromatic rings. The normalized spacial score (nSPS) is 30.5. The van der Waals surface area contributed by atoms with Crippen molar-refractivity contribution >= 4 is 5.91 Å². The highest BCUT2D eigenvalue weighted by atomic mass is 16.2. The molecule has 0 aliphatic carbocycles. The largest absolute Gasteiger partial charge is 0.346 e. The van der Waals surface area contributed by atoms with Crippen LogP contribution in [-0.2, 0) is 4.79 Å². The van der Waals surface area contributed by atoms with E-state index in [1.165, 1.54) is 0 Å². The number of hydrogen-bond donors (Lipinski definition) is 1. The summed E-state index contributed by atoms with van der Waals surface area (Å²) in [6, 6.07) is 0.557. The number of carbonyl (C=O) groups excluding carboxylic acids is 1. The highest BCUT2D eigenvalue weighted by Crippen LogP contribution is 2.14. The van der Waals surface area contributed by atoms with E-state index in [0.717, 1.165) is 24.1 Å². The first-order valence-electron chi connectivity index (χ1n) is 4.73. The Labute approximate surface area is 74.3 Å². The minimum atomic E-state index is 0.205. The highest BCUT2D eigenvalue weighted by molar-refractivity contribution is 5.77. The summed E-state index contributed by atoms with van der Waals surface area (Å²) < 4.78 is 0.950. The van der Waals surface area contributed by atoms with Crippen molar-refractivity contribution in [3.05, 3.63) is 0 Å². The van der Waals surface area contributed by atoms with Gasteiger partial charge >= 0.3 is 0 Å². The van der Waals surface area contributed by atoms with Crippen LogP contribution in [0, 0.1) is 0 Å². The molecule has 1 fully saturated rings. The van der Waals surface area contributed by atoms with Crippen molar-refractivity contribution in [2.45, 2.75) is 26.8 Å². The Morgan fingerprint density at radius 3 is 2.58 bits per heavy atom. The van der Waals surface area contributed by atoms with Gasteiger partial charge in [0.15, 0.2) is 6.54 Å². The van der Waals surface area contributed by atoms with Gasteiger partial charge in [-0.2, -0.15) is 0 Å². The number of likely N-dealkylation sites (N-methyl/N-ethyl adjacent to an activating group) is 1. The van der Waals surface area contributed by atoms with Crippen molar-refractivity contribution in [1.82, 2.24) is 5.32 Å². The molecule has 12 heavy (non-hydrogen) atoms. The van der Waals surface area contributed by atoms with E-state index in [2.05, 4.69) is 26.1 Å². The number of hydrogen-bond acceptors (Lipinski definition) is 1. The van der Waals surface area contributed by atoms with Crippen molar-refractivity contribution in [3.8, 4) is 0 Å². The van der Waals surface area contributed by atoms with Crippen molar-refractivity contribution in [2.24, 2.45) is 0 Å². The molecule has 1 aliphatic heterocycles. The zero-order valence-electron chi connectivity index (χ0n) is 8.26. The number of carbonyl (C=O) groups is 1. The molecule has 3 heteroatoms. The molecule has 0 bridgehead atoms. The van der Waals surface area contributed by atoms with Crippen LogP contribution in [0.15, 0.2) is 0 Å². The number of amides is 1. The first kappa shape index (κ1) is 9.52. The number of nitrogens with zero attached hydrogens (tertiary/aromatic N) is 1. The monoisotopic (exact) mass is 171 g/mol. The molecule has 1 N–H and O–H groups in total. The second kappa shape index (κ2) is 3.44. The quantitative estimate of drug-likeness (QED) is 0.597. The Morgan fingerprint density at radius 1 is 1.58 bits per heavy atom. The Morgan fingerprint density at radius 2 is 2.25 bits per heavy atom. The van der Waals surface area contributed by atoms with E-state index in [0.29, 0.717) is 12.6 Å². The molecule has 0 spiro atoms. The van der Waals surface area contributed by atoms with Crippen molar-refractivity contribution < 1.29 is 9.28 Å². The molecule has 0 aromatic carbocycles. The minimum absolute atomic E-state index is 0.205. The van der Waals surface area contributed by atoms with Crippen LogP contribution in [0.3, 0.4) is 0 Å². The molecule has 1 unspecified atom stereocenters. The van der Waals surface area contributed by atoms with Gasteiger partial charge in [-0.15, -0.1) is 0 Å².